The van der Waals surface area contributed by atoms with Gasteiger partial charge >= 0.3 is 0 Å². The lowest BCUT2D eigenvalue weighted by atomic mass is 9.77. The Morgan fingerprint density at radius 1 is 0.714 bits per heavy atom. The van der Waals surface area contributed by atoms with E-state index in [1.165, 1.54) is 76.2 Å². The van der Waals surface area contributed by atoms with E-state index in [2.05, 4.69) is 26.0 Å². The van der Waals surface area contributed by atoms with Crippen LogP contribution in [0.25, 0.3) is 11.1 Å². The van der Waals surface area contributed by atoms with E-state index in [1.807, 2.05) is 12.1 Å². The molecule has 0 radical (unpaired) electrons. The molecule has 35 heavy (non-hydrogen) atoms. The molecular weight excluding hydrogens is 438 g/mol. The van der Waals surface area contributed by atoms with Crippen LogP contribution in [0.3, 0.4) is 0 Å². The van der Waals surface area contributed by atoms with Crippen LogP contribution in [0.4, 0.5) is 8.78 Å². The van der Waals surface area contributed by atoms with Gasteiger partial charge in [-0.25, -0.2) is 8.78 Å². The highest BCUT2D eigenvalue weighted by Crippen LogP contribution is 2.38. The van der Waals surface area contributed by atoms with Gasteiger partial charge in [-0.3, -0.25) is 0 Å². The molecule has 0 bridgehead atoms. The maximum Gasteiger partial charge on any atom is 0.167 e. The van der Waals surface area contributed by atoms with E-state index in [1.54, 1.807) is 12.1 Å². The minimum absolute atomic E-state index is 0.118. The fraction of sp³-hybridized carbons (Fsp3) is 0.625. The number of hydrogen-bond donors (Lipinski definition) is 0. The number of benzene rings is 2. The van der Waals surface area contributed by atoms with Crippen molar-refractivity contribution < 1.29 is 13.5 Å². The molecule has 1 aliphatic rings. The van der Waals surface area contributed by atoms with Crippen molar-refractivity contribution in [1.82, 2.24) is 0 Å². The molecular formula is C32H46F2O. The first-order chi connectivity index (χ1) is 17.1. The number of halogens is 2. The van der Waals surface area contributed by atoms with Crippen molar-refractivity contribution in [1.29, 1.82) is 0 Å². The minimum atomic E-state index is -0.786. The molecule has 3 heteroatoms. The molecule has 0 heterocycles. The first kappa shape index (κ1) is 27.8. The maximum absolute atomic E-state index is 14.8. The molecule has 2 aromatic rings. The standard InChI is InChI=1S/C32H46F2O/c1-3-5-7-8-9-10-12-25-13-15-26(16-14-25)27-17-19-28(20-18-27)30-22-21-29(31(33)32(30)34)24-35-23-11-6-4-2/h17-22,25-26H,3-16,23-24H2,1-2H3. The Morgan fingerprint density at radius 2 is 1.37 bits per heavy atom. The molecule has 1 aliphatic carbocycles. The quantitative estimate of drug-likeness (QED) is 0.228. The largest absolute Gasteiger partial charge is 0.377 e. The van der Waals surface area contributed by atoms with Crippen LogP contribution in [0.2, 0.25) is 0 Å². The molecule has 0 atom stereocenters. The van der Waals surface area contributed by atoms with Gasteiger partial charge in [-0.1, -0.05) is 108 Å². The van der Waals surface area contributed by atoms with Gasteiger partial charge in [-0.15, -0.1) is 0 Å². The van der Waals surface area contributed by atoms with Gasteiger partial charge in [-0.05, 0) is 55.1 Å². The van der Waals surface area contributed by atoms with Crippen LogP contribution in [0.1, 0.15) is 121 Å². The topological polar surface area (TPSA) is 9.23 Å². The van der Waals surface area contributed by atoms with Crippen LogP contribution in [0, 0.1) is 17.6 Å². The van der Waals surface area contributed by atoms with E-state index in [9.17, 15) is 8.78 Å². The fourth-order valence-corrected chi connectivity index (χ4v) is 5.49. The third-order valence-electron chi connectivity index (χ3n) is 7.82. The van der Waals surface area contributed by atoms with Crippen molar-refractivity contribution in [2.24, 2.45) is 5.92 Å². The van der Waals surface area contributed by atoms with Gasteiger partial charge in [-0.2, -0.15) is 0 Å². The Morgan fingerprint density at radius 3 is 2.09 bits per heavy atom. The summed E-state index contributed by atoms with van der Waals surface area (Å²) in [6.07, 6.45) is 18.0. The van der Waals surface area contributed by atoms with Crippen LogP contribution in [0.15, 0.2) is 36.4 Å². The molecule has 0 spiro atoms. The highest BCUT2D eigenvalue weighted by molar-refractivity contribution is 5.65. The third kappa shape index (κ3) is 8.70. The second kappa shape index (κ2) is 15.4. The Balaban J connectivity index is 1.48. The van der Waals surface area contributed by atoms with E-state index < -0.39 is 11.6 Å². The summed E-state index contributed by atoms with van der Waals surface area (Å²) in [6, 6.07) is 11.5. The first-order valence-electron chi connectivity index (χ1n) is 14.3. The monoisotopic (exact) mass is 484 g/mol. The van der Waals surface area contributed by atoms with Crippen molar-refractivity contribution in [2.75, 3.05) is 6.61 Å². The summed E-state index contributed by atoms with van der Waals surface area (Å²) in [4.78, 5) is 0. The van der Waals surface area contributed by atoms with E-state index in [4.69, 9.17) is 4.74 Å². The summed E-state index contributed by atoms with van der Waals surface area (Å²) in [7, 11) is 0. The number of ether oxygens (including phenoxy) is 1. The summed E-state index contributed by atoms with van der Waals surface area (Å²) >= 11 is 0. The Hall–Kier alpha value is -1.74. The van der Waals surface area contributed by atoms with E-state index in [0.29, 0.717) is 18.1 Å². The van der Waals surface area contributed by atoms with E-state index in [0.717, 1.165) is 30.7 Å². The predicted octanol–water partition coefficient (Wildman–Crippen LogP) is 10.4. The number of rotatable bonds is 15. The second-order valence-electron chi connectivity index (χ2n) is 10.6. The Bertz CT molecular complexity index is 853. The van der Waals surface area contributed by atoms with Gasteiger partial charge in [0.1, 0.15) is 0 Å². The molecule has 0 amide bonds. The van der Waals surface area contributed by atoms with Crippen molar-refractivity contribution in [2.45, 2.75) is 116 Å². The van der Waals surface area contributed by atoms with Gasteiger partial charge in [0.05, 0.1) is 6.61 Å². The van der Waals surface area contributed by atoms with Crippen LogP contribution < -0.4 is 0 Å². The average molecular weight is 485 g/mol. The molecule has 0 aromatic heterocycles. The molecule has 1 saturated carbocycles. The lowest BCUT2D eigenvalue weighted by molar-refractivity contribution is 0.114. The molecule has 194 valence electrons. The zero-order valence-corrected chi connectivity index (χ0v) is 22.1. The van der Waals surface area contributed by atoms with Crippen molar-refractivity contribution >= 4 is 0 Å². The van der Waals surface area contributed by atoms with Gasteiger partial charge in [0.25, 0.3) is 0 Å². The van der Waals surface area contributed by atoms with Crippen molar-refractivity contribution in [3.05, 3.63) is 59.2 Å². The van der Waals surface area contributed by atoms with Crippen LogP contribution in [0.5, 0.6) is 0 Å². The van der Waals surface area contributed by atoms with Crippen LogP contribution >= 0.6 is 0 Å². The normalized spacial score (nSPS) is 18.2. The third-order valence-corrected chi connectivity index (χ3v) is 7.82. The molecule has 1 fully saturated rings. The summed E-state index contributed by atoms with van der Waals surface area (Å²) in [5.74, 6) is -0.0741. The van der Waals surface area contributed by atoms with Gasteiger partial charge in [0, 0.05) is 17.7 Å². The van der Waals surface area contributed by atoms with Gasteiger partial charge in [0.2, 0.25) is 0 Å². The molecule has 0 N–H and O–H groups in total. The zero-order chi connectivity index (χ0) is 24.9. The minimum Gasteiger partial charge on any atom is -0.377 e. The smallest absolute Gasteiger partial charge is 0.167 e. The van der Waals surface area contributed by atoms with Gasteiger partial charge in [0.15, 0.2) is 11.6 Å². The van der Waals surface area contributed by atoms with Gasteiger partial charge < -0.3 is 4.74 Å². The van der Waals surface area contributed by atoms with Crippen LogP contribution in [-0.4, -0.2) is 6.61 Å². The van der Waals surface area contributed by atoms with E-state index >= 15 is 0 Å². The van der Waals surface area contributed by atoms with Crippen LogP contribution in [-0.2, 0) is 11.3 Å². The second-order valence-corrected chi connectivity index (χ2v) is 10.6. The van der Waals surface area contributed by atoms with Crippen molar-refractivity contribution in [3.8, 4) is 11.1 Å². The van der Waals surface area contributed by atoms with Crippen molar-refractivity contribution in [3.63, 3.8) is 0 Å². The summed E-state index contributed by atoms with van der Waals surface area (Å²) in [6.45, 7) is 5.10. The highest BCUT2D eigenvalue weighted by atomic mass is 19.2. The molecule has 0 aliphatic heterocycles. The Kier molecular flexibility index (Phi) is 12.2. The predicted molar refractivity (Wildman–Crippen MR) is 144 cm³/mol. The SMILES string of the molecule is CCCCCCCCC1CCC(c2ccc(-c3ccc(COCCCCC)c(F)c3F)cc2)CC1. The maximum atomic E-state index is 14.8. The summed E-state index contributed by atoms with van der Waals surface area (Å²) in [5.41, 5.74) is 2.69. The highest BCUT2D eigenvalue weighted by Gasteiger charge is 2.22. The Labute approximate surface area is 212 Å². The zero-order valence-electron chi connectivity index (χ0n) is 22.1. The molecule has 2 aromatic carbocycles. The number of unbranched alkanes of at least 4 members (excludes halogenated alkanes) is 7. The number of hydrogen-bond acceptors (Lipinski definition) is 1. The molecule has 0 unspecified atom stereocenters. The molecule has 0 saturated heterocycles. The molecule has 1 nitrogen and oxygen atoms in total. The lowest BCUT2D eigenvalue weighted by Gasteiger charge is -2.29. The lowest BCUT2D eigenvalue weighted by Crippen LogP contribution is -2.13. The average Bonchev–Trinajstić information content (AvgIpc) is 2.89. The van der Waals surface area contributed by atoms with E-state index in [-0.39, 0.29) is 12.2 Å². The first-order valence-corrected chi connectivity index (χ1v) is 14.3. The molecule has 3 rings (SSSR count). The fourth-order valence-electron chi connectivity index (χ4n) is 5.49. The summed E-state index contributed by atoms with van der Waals surface area (Å²) in [5, 5.41) is 0. The summed E-state index contributed by atoms with van der Waals surface area (Å²) < 4.78 is 35.0.